The van der Waals surface area contributed by atoms with Crippen molar-refractivity contribution >= 4 is 5.82 Å². The van der Waals surface area contributed by atoms with E-state index in [0.29, 0.717) is 5.56 Å². The number of nitrogens with two attached hydrogens (primary N) is 1. The van der Waals surface area contributed by atoms with E-state index < -0.39 is 0 Å². The molecule has 114 valence electrons. The molecule has 0 fully saturated rings. The maximum atomic E-state index is 9.42. The monoisotopic (exact) mass is 304 g/mol. The molecular weight excluding hydrogens is 288 g/mol. The summed E-state index contributed by atoms with van der Waals surface area (Å²) in [4.78, 5) is 4.38. The number of pyridine rings is 1. The van der Waals surface area contributed by atoms with Crippen molar-refractivity contribution in [1.82, 2.24) is 9.55 Å². The van der Waals surface area contributed by atoms with Gasteiger partial charge in [0.1, 0.15) is 23.2 Å². The predicted octanol–water partition coefficient (Wildman–Crippen LogP) is 3.22. The maximum Gasteiger partial charge on any atom is 0.142 e. The van der Waals surface area contributed by atoms with Gasteiger partial charge >= 0.3 is 0 Å². The highest BCUT2D eigenvalue weighted by molar-refractivity contribution is 5.79. The normalized spacial score (nSPS) is 10.3. The lowest BCUT2D eigenvalue weighted by atomic mass is 10.0. The van der Waals surface area contributed by atoms with Crippen molar-refractivity contribution in [2.75, 3.05) is 12.8 Å². The van der Waals surface area contributed by atoms with Gasteiger partial charge in [-0.1, -0.05) is 0 Å². The Labute approximate surface area is 134 Å². The molecule has 2 heterocycles. The summed E-state index contributed by atoms with van der Waals surface area (Å²) in [6.07, 6.45) is 1.93. The third-order valence-electron chi connectivity index (χ3n) is 3.76. The van der Waals surface area contributed by atoms with Gasteiger partial charge in [0.05, 0.1) is 12.8 Å². The van der Waals surface area contributed by atoms with Crippen molar-refractivity contribution < 1.29 is 4.74 Å². The average Bonchev–Trinajstić information content (AvgIpc) is 3.00. The summed E-state index contributed by atoms with van der Waals surface area (Å²) in [6.45, 7) is 0. The van der Waals surface area contributed by atoms with Gasteiger partial charge < -0.3 is 15.0 Å². The van der Waals surface area contributed by atoms with Crippen molar-refractivity contribution in [2.45, 2.75) is 0 Å². The maximum absolute atomic E-state index is 9.42. The molecule has 23 heavy (non-hydrogen) atoms. The van der Waals surface area contributed by atoms with Gasteiger partial charge in [0, 0.05) is 30.1 Å². The van der Waals surface area contributed by atoms with Crippen molar-refractivity contribution in [3.05, 3.63) is 54.2 Å². The van der Waals surface area contributed by atoms with Crippen LogP contribution in [0.2, 0.25) is 0 Å². The SMILES string of the molecule is COc1ccc(-c2cc(-c3cccn3C)c(C#N)c(N)n2)cc1. The van der Waals surface area contributed by atoms with E-state index in [2.05, 4.69) is 11.1 Å². The van der Waals surface area contributed by atoms with E-state index in [-0.39, 0.29) is 5.82 Å². The van der Waals surface area contributed by atoms with Crippen LogP contribution in [0.3, 0.4) is 0 Å². The number of nitrogens with zero attached hydrogens (tertiary/aromatic N) is 3. The van der Waals surface area contributed by atoms with Gasteiger partial charge in [0.2, 0.25) is 0 Å². The zero-order valence-electron chi connectivity index (χ0n) is 12.9. The van der Waals surface area contributed by atoms with Crippen LogP contribution < -0.4 is 10.5 Å². The Hall–Kier alpha value is -3.26. The van der Waals surface area contributed by atoms with Crippen LogP contribution in [0.25, 0.3) is 22.5 Å². The molecule has 0 aliphatic heterocycles. The van der Waals surface area contributed by atoms with Crippen LogP contribution in [0.5, 0.6) is 5.75 Å². The van der Waals surface area contributed by atoms with E-state index in [0.717, 1.165) is 28.3 Å². The number of anilines is 1. The number of rotatable bonds is 3. The minimum atomic E-state index is 0.233. The van der Waals surface area contributed by atoms with Crippen LogP contribution in [0.15, 0.2) is 48.7 Å². The van der Waals surface area contributed by atoms with E-state index >= 15 is 0 Å². The van der Waals surface area contributed by atoms with Crippen LogP contribution in [0, 0.1) is 11.3 Å². The third-order valence-corrected chi connectivity index (χ3v) is 3.76. The minimum absolute atomic E-state index is 0.233. The summed E-state index contributed by atoms with van der Waals surface area (Å²) in [6, 6.07) is 15.5. The zero-order valence-corrected chi connectivity index (χ0v) is 12.9. The predicted molar refractivity (Wildman–Crippen MR) is 89.8 cm³/mol. The van der Waals surface area contributed by atoms with E-state index in [4.69, 9.17) is 10.5 Å². The quantitative estimate of drug-likeness (QED) is 0.806. The van der Waals surface area contributed by atoms with Gasteiger partial charge in [-0.3, -0.25) is 0 Å². The highest BCUT2D eigenvalue weighted by atomic mass is 16.5. The second-order valence-electron chi connectivity index (χ2n) is 5.16. The molecule has 0 amide bonds. The number of nitriles is 1. The Morgan fingerprint density at radius 1 is 1.22 bits per heavy atom. The van der Waals surface area contributed by atoms with E-state index in [1.807, 2.05) is 60.3 Å². The van der Waals surface area contributed by atoms with Gasteiger partial charge in [0.25, 0.3) is 0 Å². The van der Waals surface area contributed by atoms with Crippen LogP contribution in [0.1, 0.15) is 5.56 Å². The van der Waals surface area contributed by atoms with Crippen molar-refractivity contribution in [1.29, 1.82) is 5.26 Å². The van der Waals surface area contributed by atoms with Gasteiger partial charge in [0.15, 0.2) is 0 Å². The van der Waals surface area contributed by atoms with Crippen LogP contribution in [-0.4, -0.2) is 16.7 Å². The molecule has 1 aromatic carbocycles. The number of hydrogen-bond acceptors (Lipinski definition) is 4. The molecule has 0 atom stereocenters. The number of methoxy groups -OCH3 is 1. The second kappa shape index (κ2) is 5.85. The van der Waals surface area contributed by atoms with Crippen molar-refractivity contribution in [3.8, 4) is 34.3 Å². The Morgan fingerprint density at radius 2 is 1.96 bits per heavy atom. The molecule has 5 heteroatoms. The number of aryl methyl sites for hydroxylation is 1. The zero-order chi connectivity index (χ0) is 16.4. The van der Waals surface area contributed by atoms with Crippen molar-refractivity contribution in [3.63, 3.8) is 0 Å². The van der Waals surface area contributed by atoms with Gasteiger partial charge in [-0.05, 0) is 42.5 Å². The topological polar surface area (TPSA) is 76.9 Å². The lowest BCUT2D eigenvalue weighted by Gasteiger charge is -2.11. The fourth-order valence-electron chi connectivity index (χ4n) is 2.53. The first-order valence-corrected chi connectivity index (χ1v) is 7.10. The van der Waals surface area contributed by atoms with E-state index in [1.165, 1.54) is 0 Å². The Balaban J connectivity index is 2.18. The van der Waals surface area contributed by atoms with E-state index in [1.54, 1.807) is 7.11 Å². The molecule has 3 aromatic rings. The number of ether oxygens (including phenoxy) is 1. The summed E-state index contributed by atoms with van der Waals surface area (Å²) >= 11 is 0. The molecule has 2 N–H and O–H groups in total. The molecule has 0 aliphatic carbocycles. The molecule has 2 aromatic heterocycles. The van der Waals surface area contributed by atoms with Crippen LogP contribution >= 0.6 is 0 Å². The summed E-state index contributed by atoms with van der Waals surface area (Å²) in [7, 11) is 3.56. The Bertz CT molecular complexity index is 888. The Morgan fingerprint density at radius 3 is 2.52 bits per heavy atom. The molecule has 0 radical (unpaired) electrons. The van der Waals surface area contributed by atoms with Gasteiger partial charge in [-0.2, -0.15) is 5.26 Å². The molecule has 5 nitrogen and oxygen atoms in total. The largest absolute Gasteiger partial charge is 0.497 e. The number of hydrogen-bond donors (Lipinski definition) is 1. The number of benzene rings is 1. The molecular formula is C18H16N4O. The van der Waals surface area contributed by atoms with Crippen molar-refractivity contribution in [2.24, 2.45) is 7.05 Å². The highest BCUT2D eigenvalue weighted by Crippen LogP contribution is 2.31. The highest BCUT2D eigenvalue weighted by Gasteiger charge is 2.15. The average molecular weight is 304 g/mol. The molecule has 0 spiro atoms. The van der Waals surface area contributed by atoms with E-state index in [9.17, 15) is 5.26 Å². The van der Waals surface area contributed by atoms with Crippen LogP contribution in [-0.2, 0) is 7.05 Å². The van der Waals surface area contributed by atoms with Gasteiger partial charge in [-0.25, -0.2) is 4.98 Å². The summed E-state index contributed by atoms with van der Waals surface area (Å²) < 4.78 is 7.12. The number of nitrogen functional groups attached to an aromatic ring is 1. The summed E-state index contributed by atoms with van der Waals surface area (Å²) in [5.74, 6) is 1.01. The second-order valence-corrected chi connectivity index (χ2v) is 5.16. The number of aromatic nitrogens is 2. The molecule has 0 saturated carbocycles. The fourth-order valence-corrected chi connectivity index (χ4v) is 2.53. The first-order chi connectivity index (χ1) is 11.1. The molecule has 0 bridgehead atoms. The molecule has 0 aliphatic rings. The van der Waals surface area contributed by atoms with Crippen LogP contribution in [0.4, 0.5) is 5.82 Å². The smallest absolute Gasteiger partial charge is 0.142 e. The molecule has 0 saturated heterocycles. The first kappa shape index (κ1) is 14.7. The lowest BCUT2D eigenvalue weighted by Crippen LogP contribution is -2.01. The minimum Gasteiger partial charge on any atom is -0.497 e. The summed E-state index contributed by atoms with van der Waals surface area (Å²) in [5.41, 5.74) is 9.74. The summed E-state index contributed by atoms with van der Waals surface area (Å²) in [5, 5.41) is 9.42. The third kappa shape index (κ3) is 2.62. The van der Waals surface area contributed by atoms with Gasteiger partial charge in [-0.15, -0.1) is 0 Å². The molecule has 3 rings (SSSR count). The first-order valence-electron chi connectivity index (χ1n) is 7.10. The fraction of sp³-hybridized carbons (Fsp3) is 0.111. The standard InChI is InChI=1S/C18H16N4O/c1-22-9-3-4-17(22)14-10-16(21-18(20)15(14)11-19)12-5-7-13(23-2)8-6-12/h3-10H,1-2H3,(H2,20,21). The molecule has 0 unspecified atom stereocenters. The lowest BCUT2D eigenvalue weighted by molar-refractivity contribution is 0.415. The Kier molecular flexibility index (Phi) is 3.73.